The summed E-state index contributed by atoms with van der Waals surface area (Å²) in [5.74, 6) is 6.64. The second-order valence-electron chi connectivity index (χ2n) is 4.46. The summed E-state index contributed by atoms with van der Waals surface area (Å²) >= 11 is 0. The van der Waals surface area contributed by atoms with Crippen molar-refractivity contribution >= 4 is 11.9 Å². The number of anilines is 2. The molecule has 0 unspecified atom stereocenters. The molecule has 0 saturated carbocycles. The van der Waals surface area contributed by atoms with E-state index in [2.05, 4.69) is 20.4 Å². The third-order valence-corrected chi connectivity index (χ3v) is 2.55. The van der Waals surface area contributed by atoms with E-state index in [1.165, 1.54) is 0 Å². The van der Waals surface area contributed by atoms with Crippen LogP contribution in [0.2, 0.25) is 0 Å². The molecule has 0 amide bonds. The van der Waals surface area contributed by atoms with Crippen LogP contribution in [-0.4, -0.2) is 36.2 Å². The highest BCUT2D eigenvalue weighted by atomic mass is 16.5. The Labute approximate surface area is 122 Å². The average Bonchev–Trinajstić information content (AvgIpc) is 2.47. The van der Waals surface area contributed by atoms with Crippen molar-refractivity contribution in [1.82, 2.24) is 15.0 Å². The van der Waals surface area contributed by atoms with Gasteiger partial charge in [-0.05, 0) is 17.7 Å². The normalized spacial score (nSPS) is 10.3. The molecule has 8 heteroatoms. The summed E-state index contributed by atoms with van der Waals surface area (Å²) < 4.78 is 10.7. The van der Waals surface area contributed by atoms with Gasteiger partial charge < -0.3 is 14.4 Å². The quantitative estimate of drug-likeness (QED) is 0.604. The molecule has 112 valence electrons. The maximum atomic E-state index is 5.66. The first-order valence-corrected chi connectivity index (χ1v) is 6.28. The van der Waals surface area contributed by atoms with Gasteiger partial charge in [0.25, 0.3) is 0 Å². The monoisotopic (exact) mass is 290 g/mol. The van der Waals surface area contributed by atoms with Crippen LogP contribution in [0.15, 0.2) is 24.3 Å². The Kier molecular flexibility index (Phi) is 4.85. The van der Waals surface area contributed by atoms with E-state index in [1.54, 1.807) is 12.0 Å². The van der Waals surface area contributed by atoms with Gasteiger partial charge in [-0.15, -0.1) is 0 Å². The largest absolute Gasteiger partial charge is 0.424 e. The summed E-state index contributed by atoms with van der Waals surface area (Å²) in [5, 5.41) is 0. The van der Waals surface area contributed by atoms with Crippen molar-refractivity contribution in [3.63, 3.8) is 0 Å². The van der Waals surface area contributed by atoms with E-state index in [4.69, 9.17) is 15.3 Å². The second kappa shape index (κ2) is 6.82. The molecule has 2 aromatic rings. The number of hydrogen-bond acceptors (Lipinski definition) is 8. The van der Waals surface area contributed by atoms with E-state index in [1.807, 2.05) is 38.4 Å². The molecule has 1 heterocycles. The fourth-order valence-electron chi connectivity index (χ4n) is 1.63. The fourth-order valence-corrected chi connectivity index (χ4v) is 1.63. The highest BCUT2D eigenvalue weighted by Crippen LogP contribution is 2.21. The Bertz CT molecular complexity index is 605. The van der Waals surface area contributed by atoms with Crippen LogP contribution in [0.5, 0.6) is 11.8 Å². The molecule has 0 saturated heterocycles. The molecular formula is C13H18N6O2. The summed E-state index contributed by atoms with van der Waals surface area (Å²) in [6, 6.07) is 7.66. The van der Waals surface area contributed by atoms with E-state index >= 15 is 0 Å². The van der Waals surface area contributed by atoms with Gasteiger partial charge in [-0.1, -0.05) is 12.1 Å². The lowest BCUT2D eigenvalue weighted by molar-refractivity contribution is 0.184. The van der Waals surface area contributed by atoms with Crippen LogP contribution in [0.1, 0.15) is 5.56 Å². The van der Waals surface area contributed by atoms with Crippen molar-refractivity contribution in [3.05, 3.63) is 29.8 Å². The number of nitrogen functional groups attached to an aromatic ring is 1. The van der Waals surface area contributed by atoms with E-state index in [0.29, 0.717) is 18.3 Å². The molecule has 8 nitrogen and oxygen atoms in total. The number of nitrogens with zero attached hydrogens (tertiary/aromatic N) is 4. The van der Waals surface area contributed by atoms with Gasteiger partial charge in [0.1, 0.15) is 5.75 Å². The molecule has 1 aromatic heterocycles. The number of benzene rings is 1. The zero-order valence-corrected chi connectivity index (χ0v) is 12.2. The summed E-state index contributed by atoms with van der Waals surface area (Å²) in [6.07, 6.45) is 0. The summed E-state index contributed by atoms with van der Waals surface area (Å²) in [7, 11) is 5.28. The van der Waals surface area contributed by atoms with Crippen molar-refractivity contribution in [2.24, 2.45) is 5.84 Å². The van der Waals surface area contributed by atoms with Crippen LogP contribution in [0.4, 0.5) is 11.9 Å². The topological polar surface area (TPSA) is 98.4 Å². The fraction of sp³-hybridized carbons (Fsp3) is 0.308. The van der Waals surface area contributed by atoms with Crippen molar-refractivity contribution in [1.29, 1.82) is 0 Å². The molecule has 0 aliphatic heterocycles. The Hall–Kier alpha value is -2.45. The van der Waals surface area contributed by atoms with Gasteiger partial charge in [0.2, 0.25) is 11.9 Å². The molecule has 1 aromatic carbocycles. The van der Waals surface area contributed by atoms with Crippen LogP contribution in [-0.2, 0) is 11.3 Å². The molecular weight excluding hydrogens is 272 g/mol. The SMILES string of the molecule is COCc1cccc(Oc2nc(NN)nc(N(C)C)n2)c1. The smallest absolute Gasteiger partial charge is 0.328 e. The highest BCUT2D eigenvalue weighted by molar-refractivity contribution is 5.37. The van der Waals surface area contributed by atoms with Gasteiger partial charge in [-0.25, -0.2) is 5.84 Å². The maximum absolute atomic E-state index is 5.66. The zero-order chi connectivity index (χ0) is 15.2. The van der Waals surface area contributed by atoms with Gasteiger partial charge in [0.15, 0.2) is 0 Å². The van der Waals surface area contributed by atoms with Crippen molar-refractivity contribution in [2.45, 2.75) is 6.61 Å². The van der Waals surface area contributed by atoms with Crippen LogP contribution in [0, 0.1) is 0 Å². The van der Waals surface area contributed by atoms with Crippen molar-refractivity contribution in [2.75, 3.05) is 31.5 Å². The lowest BCUT2D eigenvalue weighted by Gasteiger charge is -2.12. The first-order valence-electron chi connectivity index (χ1n) is 6.28. The van der Waals surface area contributed by atoms with Gasteiger partial charge >= 0.3 is 6.01 Å². The maximum Gasteiger partial charge on any atom is 0.328 e. The van der Waals surface area contributed by atoms with Gasteiger partial charge in [0, 0.05) is 21.2 Å². The van der Waals surface area contributed by atoms with Crippen molar-refractivity contribution in [3.8, 4) is 11.8 Å². The first-order chi connectivity index (χ1) is 10.1. The van der Waals surface area contributed by atoms with Crippen molar-refractivity contribution < 1.29 is 9.47 Å². The van der Waals surface area contributed by atoms with Crippen LogP contribution >= 0.6 is 0 Å². The Morgan fingerprint density at radius 1 is 1.24 bits per heavy atom. The minimum absolute atomic E-state index is 0.163. The van der Waals surface area contributed by atoms with E-state index in [9.17, 15) is 0 Å². The number of rotatable bonds is 6. The Morgan fingerprint density at radius 2 is 2.05 bits per heavy atom. The van der Waals surface area contributed by atoms with E-state index < -0.39 is 0 Å². The predicted octanol–water partition coefficient (Wildman–Crippen LogP) is 1.16. The second-order valence-corrected chi connectivity index (χ2v) is 4.46. The van der Waals surface area contributed by atoms with Gasteiger partial charge in [-0.2, -0.15) is 15.0 Å². The first kappa shape index (κ1) is 14.9. The number of methoxy groups -OCH3 is 1. The average molecular weight is 290 g/mol. The molecule has 0 bridgehead atoms. The van der Waals surface area contributed by atoms with E-state index in [-0.39, 0.29) is 12.0 Å². The van der Waals surface area contributed by atoms with Crippen LogP contribution in [0.3, 0.4) is 0 Å². The minimum atomic E-state index is 0.163. The van der Waals surface area contributed by atoms with Crippen LogP contribution < -0.4 is 20.9 Å². The summed E-state index contributed by atoms with van der Waals surface area (Å²) in [6.45, 7) is 0.507. The molecule has 0 radical (unpaired) electrons. The van der Waals surface area contributed by atoms with Crippen LogP contribution in [0.25, 0.3) is 0 Å². The predicted molar refractivity (Wildman–Crippen MR) is 79.2 cm³/mol. The number of hydrogen-bond donors (Lipinski definition) is 2. The number of aromatic nitrogens is 3. The number of nitrogens with one attached hydrogen (secondary N) is 1. The molecule has 0 aliphatic carbocycles. The minimum Gasteiger partial charge on any atom is -0.424 e. The molecule has 0 atom stereocenters. The highest BCUT2D eigenvalue weighted by Gasteiger charge is 2.09. The number of hydrazine groups is 1. The third-order valence-electron chi connectivity index (χ3n) is 2.55. The lowest BCUT2D eigenvalue weighted by Crippen LogP contribution is -2.17. The van der Waals surface area contributed by atoms with E-state index in [0.717, 1.165) is 5.56 Å². The standard InChI is InChI=1S/C13H18N6O2/c1-19(2)12-15-11(18-14)16-13(17-12)21-10-6-4-5-9(7-10)8-20-3/h4-7H,8,14H2,1-3H3,(H,15,16,17,18). The molecule has 2 rings (SSSR count). The Balaban J connectivity index is 2.26. The summed E-state index contributed by atoms with van der Waals surface area (Å²) in [5.41, 5.74) is 3.39. The molecule has 0 spiro atoms. The summed E-state index contributed by atoms with van der Waals surface area (Å²) in [4.78, 5) is 14.1. The number of nitrogens with two attached hydrogens (primary N) is 1. The molecule has 0 aliphatic rings. The van der Waals surface area contributed by atoms with Gasteiger partial charge in [0.05, 0.1) is 6.61 Å². The van der Waals surface area contributed by atoms with Gasteiger partial charge in [-0.3, -0.25) is 5.43 Å². The number of ether oxygens (including phenoxy) is 2. The third kappa shape index (κ3) is 4.01. The molecule has 3 N–H and O–H groups in total. The molecule has 21 heavy (non-hydrogen) atoms. The molecule has 0 fully saturated rings. The lowest BCUT2D eigenvalue weighted by atomic mass is 10.2. The zero-order valence-electron chi connectivity index (χ0n) is 12.2. The Morgan fingerprint density at radius 3 is 2.71 bits per heavy atom.